The SMILES string of the molecule is C#CCOC[C@H]1C[C@H](Oc2ccc(C3=C(C)N=CC(NC(=O)c4cccc(C(F)(F)F)c4)(N4CCOCC4)C3)cn2)CCO1. The molecule has 3 aliphatic rings. The van der Waals surface area contributed by atoms with Gasteiger partial charge in [0, 0.05) is 62.1 Å². The third-order valence-corrected chi connectivity index (χ3v) is 7.89. The second-order valence-corrected chi connectivity index (χ2v) is 10.9. The number of allylic oxidation sites excluding steroid dienone is 1. The molecule has 0 saturated carbocycles. The van der Waals surface area contributed by atoms with Crippen LogP contribution in [-0.2, 0) is 20.4 Å². The van der Waals surface area contributed by atoms with E-state index in [0.29, 0.717) is 58.2 Å². The van der Waals surface area contributed by atoms with E-state index >= 15 is 0 Å². The van der Waals surface area contributed by atoms with E-state index in [1.807, 2.05) is 17.9 Å². The number of aromatic nitrogens is 1. The topological polar surface area (TPSA) is 94.5 Å². The summed E-state index contributed by atoms with van der Waals surface area (Å²) in [6.07, 6.45) is 5.58. The molecule has 4 heterocycles. The summed E-state index contributed by atoms with van der Waals surface area (Å²) in [7, 11) is 0. The number of pyridine rings is 1. The van der Waals surface area contributed by atoms with Crippen molar-refractivity contribution >= 4 is 17.7 Å². The highest BCUT2D eigenvalue weighted by Gasteiger charge is 2.41. The number of terminal acetylenes is 1. The summed E-state index contributed by atoms with van der Waals surface area (Å²) in [5, 5.41) is 3.01. The first-order valence-electron chi connectivity index (χ1n) is 14.5. The predicted octanol–water partition coefficient (Wildman–Crippen LogP) is 4.34. The van der Waals surface area contributed by atoms with E-state index in [1.54, 1.807) is 18.5 Å². The van der Waals surface area contributed by atoms with Gasteiger partial charge in [-0.15, -0.1) is 6.42 Å². The molecule has 3 atom stereocenters. The Morgan fingerprint density at radius 2 is 2.05 bits per heavy atom. The Labute approximate surface area is 254 Å². The Bertz CT molecular complexity index is 1420. The normalized spacial score (nSPS) is 24.5. The van der Waals surface area contributed by atoms with E-state index in [4.69, 9.17) is 25.4 Å². The Hall–Kier alpha value is -3.76. The van der Waals surface area contributed by atoms with Crippen molar-refractivity contribution in [1.82, 2.24) is 15.2 Å². The molecule has 1 N–H and O–H groups in total. The number of hydrogen-bond donors (Lipinski definition) is 1. The van der Waals surface area contributed by atoms with Crippen LogP contribution in [-0.4, -0.2) is 86.0 Å². The number of carbonyl (C=O) groups excluding carboxylic acids is 1. The summed E-state index contributed by atoms with van der Waals surface area (Å²) in [5.74, 6) is 2.28. The summed E-state index contributed by atoms with van der Waals surface area (Å²) in [6.45, 7) is 4.96. The van der Waals surface area contributed by atoms with Gasteiger partial charge >= 0.3 is 6.18 Å². The smallest absolute Gasteiger partial charge is 0.416 e. The van der Waals surface area contributed by atoms with E-state index < -0.39 is 23.3 Å². The van der Waals surface area contributed by atoms with Crippen LogP contribution < -0.4 is 10.1 Å². The van der Waals surface area contributed by atoms with Crippen LogP contribution in [0.25, 0.3) is 5.57 Å². The van der Waals surface area contributed by atoms with Crippen molar-refractivity contribution in [3.63, 3.8) is 0 Å². The third-order valence-electron chi connectivity index (χ3n) is 7.89. The molecule has 2 saturated heterocycles. The number of benzene rings is 1. The molecule has 44 heavy (non-hydrogen) atoms. The van der Waals surface area contributed by atoms with Crippen LogP contribution in [0.1, 0.15) is 47.7 Å². The summed E-state index contributed by atoms with van der Waals surface area (Å²) >= 11 is 0. The molecule has 0 radical (unpaired) electrons. The van der Waals surface area contributed by atoms with E-state index in [2.05, 4.69) is 21.2 Å². The van der Waals surface area contributed by atoms with E-state index in [1.165, 1.54) is 12.1 Å². The molecule has 0 aliphatic carbocycles. The number of hydrogen-bond acceptors (Lipinski definition) is 8. The average Bonchev–Trinajstić information content (AvgIpc) is 3.03. The second-order valence-electron chi connectivity index (χ2n) is 10.9. The lowest BCUT2D eigenvalue weighted by Crippen LogP contribution is -2.65. The van der Waals surface area contributed by atoms with Gasteiger partial charge in [0.05, 0.1) is 38.1 Å². The number of amides is 1. The standard InChI is InChI=1S/C32H35F3N4O5/c1-3-12-42-20-27-17-26(9-13-43-27)44-29-8-7-24(19-36-29)28-18-31(21-37-22(28)2,39-10-14-41-15-11-39)38-30(40)23-5-4-6-25(16-23)32(33,34)35/h1,4-8,16,19,21,26-27H,9-15,17-18,20H2,2H3,(H,38,40)/t26-,27-,31?/m1/s1. The van der Waals surface area contributed by atoms with Crippen LogP contribution in [0.15, 0.2) is 53.3 Å². The number of carbonyl (C=O) groups is 1. The highest BCUT2D eigenvalue weighted by atomic mass is 19.4. The molecule has 1 aromatic heterocycles. The zero-order valence-corrected chi connectivity index (χ0v) is 24.4. The maximum atomic E-state index is 13.4. The molecule has 2 fully saturated rings. The Morgan fingerprint density at radius 3 is 2.77 bits per heavy atom. The van der Waals surface area contributed by atoms with Crippen molar-refractivity contribution in [3.8, 4) is 18.2 Å². The molecule has 9 nitrogen and oxygen atoms in total. The minimum atomic E-state index is -4.57. The first kappa shape index (κ1) is 31.7. The molecule has 5 rings (SSSR count). The zero-order valence-electron chi connectivity index (χ0n) is 24.4. The number of halogens is 3. The van der Waals surface area contributed by atoms with Crippen molar-refractivity contribution in [2.75, 3.05) is 46.1 Å². The van der Waals surface area contributed by atoms with Crippen LogP contribution in [0.4, 0.5) is 13.2 Å². The second kappa shape index (κ2) is 13.9. The molecule has 2 aromatic rings. The van der Waals surface area contributed by atoms with Gasteiger partial charge in [0.1, 0.15) is 18.4 Å². The minimum Gasteiger partial charge on any atom is -0.474 e. The predicted molar refractivity (Wildman–Crippen MR) is 157 cm³/mol. The highest BCUT2D eigenvalue weighted by molar-refractivity contribution is 5.98. The lowest BCUT2D eigenvalue weighted by Gasteiger charge is -2.45. The maximum Gasteiger partial charge on any atom is 0.416 e. The highest BCUT2D eigenvalue weighted by Crippen LogP contribution is 2.35. The van der Waals surface area contributed by atoms with Crippen LogP contribution in [0, 0.1) is 12.3 Å². The Morgan fingerprint density at radius 1 is 1.23 bits per heavy atom. The van der Waals surface area contributed by atoms with Crippen molar-refractivity contribution in [2.45, 2.75) is 50.2 Å². The molecular weight excluding hydrogens is 577 g/mol. The van der Waals surface area contributed by atoms with Crippen molar-refractivity contribution in [2.24, 2.45) is 4.99 Å². The number of nitrogens with zero attached hydrogens (tertiary/aromatic N) is 3. The summed E-state index contributed by atoms with van der Waals surface area (Å²) in [4.78, 5) is 24.7. The number of aliphatic imine (C=N–C) groups is 1. The van der Waals surface area contributed by atoms with Gasteiger partial charge in [-0.05, 0) is 42.3 Å². The van der Waals surface area contributed by atoms with Crippen molar-refractivity contribution in [3.05, 3.63) is 65.0 Å². The summed E-state index contributed by atoms with van der Waals surface area (Å²) in [6, 6.07) is 8.09. The van der Waals surface area contributed by atoms with Crippen LogP contribution in [0.5, 0.6) is 5.88 Å². The Balaban J connectivity index is 1.32. The summed E-state index contributed by atoms with van der Waals surface area (Å²) < 4.78 is 62.9. The molecular formula is C32H35F3N4O5. The number of alkyl halides is 3. The van der Waals surface area contributed by atoms with Crippen LogP contribution in [0.2, 0.25) is 0 Å². The van der Waals surface area contributed by atoms with Gasteiger partial charge in [-0.25, -0.2) is 4.98 Å². The van der Waals surface area contributed by atoms with Crippen LogP contribution >= 0.6 is 0 Å². The number of morpholine rings is 1. The van der Waals surface area contributed by atoms with Crippen LogP contribution in [0.3, 0.4) is 0 Å². The molecule has 234 valence electrons. The lowest BCUT2D eigenvalue weighted by atomic mass is 9.90. The van der Waals surface area contributed by atoms with Gasteiger partial charge in [0.25, 0.3) is 5.91 Å². The molecule has 1 unspecified atom stereocenters. The minimum absolute atomic E-state index is 0.0817. The molecule has 0 spiro atoms. The number of nitrogens with one attached hydrogen (secondary N) is 1. The van der Waals surface area contributed by atoms with Gasteiger partial charge in [-0.1, -0.05) is 12.0 Å². The quantitative estimate of drug-likeness (QED) is 0.333. The largest absolute Gasteiger partial charge is 0.474 e. The van der Waals surface area contributed by atoms with E-state index in [0.717, 1.165) is 35.4 Å². The maximum absolute atomic E-state index is 13.4. The molecule has 12 heteroatoms. The lowest BCUT2D eigenvalue weighted by molar-refractivity contribution is -0.137. The molecule has 0 bridgehead atoms. The van der Waals surface area contributed by atoms with Crippen molar-refractivity contribution in [1.29, 1.82) is 0 Å². The number of ether oxygens (including phenoxy) is 4. The van der Waals surface area contributed by atoms with Gasteiger partial charge in [0.2, 0.25) is 5.88 Å². The third kappa shape index (κ3) is 7.65. The first-order chi connectivity index (χ1) is 21.2. The fraction of sp³-hybridized carbons (Fsp3) is 0.469. The Kier molecular flexibility index (Phi) is 10.0. The monoisotopic (exact) mass is 612 g/mol. The average molecular weight is 613 g/mol. The van der Waals surface area contributed by atoms with E-state index in [-0.39, 0.29) is 24.4 Å². The molecule has 3 aliphatic heterocycles. The summed E-state index contributed by atoms with van der Waals surface area (Å²) in [5.41, 5.74) is 0.329. The fourth-order valence-corrected chi connectivity index (χ4v) is 5.57. The zero-order chi connectivity index (χ0) is 31.2. The number of rotatable bonds is 9. The van der Waals surface area contributed by atoms with Gasteiger partial charge in [-0.2, -0.15) is 13.2 Å². The molecule has 1 amide bonds. The van der Waals surface area contributed by atoms with Gasteiger partial charge in [0.15, 0.2) is 0 Å². The molecule has 1 aromatic carbocycles. The first-order valence-corrected chi connectivity index (χ1v) is 14.5. The van der Waals surface area contributed by atoms with Gasteiger partial charge in [-0.3, -0.25) is 14.7 Å². The van der Waals surface area contributed by atoms with E-state index in [9.17, 15) is 18.0 Å². The van der Waals surface area contributed by atoms with Gasteiger partial charge < -0.3 is 24.3 Å². The van der Waals surface area contributed by atoms with Crippen molar-refractivity contribution < 1.29 is 36.9 Å². The fourth-order valence-electron chi connectivity index (χ4n) is 5.57.